The van der Waals surface area contributed by atoms with Crippen LogP contribution in [0.3, 0.4) is 0 Å². The minimum atomic E-state index is -0.837. The summed E-state index contributed by atoms with van der Waals surface area (Å²) in [7, 11) is 0. The highest BCUT2D eigenvalue weighted by atomic mass is 19.1. The molecule has 118 valence electrons. The highest BCUT2D eigenvalue weighted by Crippen LogP contribution is 2.50. The van der Waals surface area contributed by atoms with Gasteiger partial charge in [0.25, 0.3) is 0 Å². The number of likely N-dealkylation sites (tertiary alicyclic amines) is 1. The van der Waals surface area contributed by atoms with Crippen LogP contribution in [0.25, 0.3) is 0 Å². The van der Waals surface area contributed by atoms with Gasteiger partial charge >= 0.3 is 5.97 Å². The smallest absolute Gasteiger partial charge is 0.308 e. The van der Waals surface area contributed by atoms with Crippen molar-refractivity contribution in [2.24, 2.45) is 11.3 Å². The van der Waals surface area contributed by atoms with Crippen molar-refractivity contribution >= 4 is 11.9 Å². The molecule has 2 aliphatic rings. The van der Waals surface area contributed by atoms with E-state index < -0.39 is 17.3 Å². The minimum absolute atomic E-state index is 0.00158. The minimum Gasteiger partial charge on any atom is -0.481 e. The molecule has 0 spiro atoms. The maximum Gasteiger partial charge on any atom is 0.308 e. The molecule has 1 saturated heterocycles. The zero-order chi connectivity index (χ0) is 15.7. The number of carbonyl (C=O) groups excluding carboxylic acids is 1. The van der Waals surface area contributed by atoms with Crippen LogP contribution in [-0.4, -0.2) is 35.0 Å². The molecule has 1 aromatic rings. The molecule has 0 radical (unpaired) electrons. The van der Waals surface area contributed by atoms with Crippen molar-refractivity contribution in [3.63, 3.8) is 0 Å². The molecule has 1 atom stereocenters. The fourth-order valence-electron chi connectivity index (χ4n) is 3.32. The van der Waals surface area contributed by atoms with Gasteiger partial charge in [-0.25, -0.2) is 4.39 Å². The summed E-state index contributed by atoms with van der Waals surface area (Å²) in [5.41, 5.74) is 0.0583. The lowest BCUT2D eigenvalue weighted by Crippen LogP contribution is -2.46. The molecule has 2 fully saturated rings. The molecular formula is C17H20FNO3. The first-order valence-electron chi connectivity index (χ1n) is 7.77. The van der Waals surface area contributed by atoms with Crippen LogP contribution in [0.4, 0.5) is 4.39 Å². The molecule has 1 saturated carbocycles. The molecule has 1 unspecified atom stereocenters. The Morgan fingerprint density at radius 2 is 2.05 bits per heavy atom. The van der Waals surface area contributed by atoms with Gasteiger partial charge < -0.3 is 10.0 Å². The normalized spacial score (nSPS) is 23.1. The van der Waals surface area contributed by atoms with E-state index >= 15 is 0 Å². The number of carbonyl (C=O) groups is 2. The fourth-order valence-corrected chi connectivity index (χ4v) is 3.32. The van der Waals surface area contributed by atoms with Gasteiger partial charge in [-0.1, -0.05) is 18.2 Å². The van der Waals surface area contributed by atoms with Crippen LogP contribution in [0, 0.1) is 17.2 Å². The number of rotatable bonds is 4. The second-order valence-corrected chi connectivity index (χ2v) is 6.48. The van der Waals surface area contributed by atoms with Crippen LogP contribution in [0.1, 0.15) is 31.2 Å². The Bertz CT molecular complexity index is 597. The molecular weight excluding hydrogens is 285 g/mol. The highest BCUT2D eigenvalue weighted by molar-refractivity contribution is 5.86. The lowest BCUT2D eigenvalue weighted by molar-refractivity contribution is -0.147. The molecule has 4 nitrogen and oxygen atoms in total. The zero-order valence-corrected chi connectivity index (χ0v) is 12.4. The molecule has 1 aromatic carbocycles. The fraction of sp³-hybridized carbons (Fsp3) is 0.529. The van der Waals surface area contributed by atoms with Crippen LogP contribution in [-0.2, 0) is 16.0 Å². The van der Waals surface area contributed by atoms with Gasteiger partial charge in [-0.2, -0.15) is 0 Å². The van der Waals surface area contributed by atoms with Gasteiger partial charge in [-0.05, 0) is 43.7 Å². The largest absolute Gasteiger partial charge is 0.481 e. The number of nitrogens with zero attached hydrogens (tertiary/aromatic N) is 1. The van der Waals surface area contributed by atoms with E-state index in [1.165, 1.54) is 6.07 Å². The number of hydrogen-bond acceptors (Lipinski definition) is 2. The number of carboxylic acids is 1. The number of halogens is 1. The van der Waals surface area contributed by atoms with Crippen molar-refractivity contribution in [3.05, 3.63) is 35.6 Å². The van der Waals surface area contributed by atoms with Gasteiger partial charge in [-0.15, -0.1) is 0 Å². The van der Waals surface area contributed by atoms with Crippen molar-refractivity contribution < 1.29 is 19.1 Å². The number of amides is 1. The number of benzene rings is 1. The van der Waals surface area contributed by atoms with Crippen molar-refractivity contribution in [3.8, 4) is 0 Å². The maximum atomic E-state index is 13.8. The molecule has 1 amide bonds. The highest BCUT2D eigenvalue weighted by Gasteiger charge is 2.52. The average Bonchev–Trinajstić information content (AvgIpc) is 3.30. The third-order valence-corrected chi connectivity index (χ3v) is 4.85. The van der Waals surface area contributed by atoms with Gasteiger partial charge in [0.2, 0.25) is 5.91 Å². The Kier molecular flexibility index (Phi) is 3.89. The molecule has 1 heterocycles. The Hall–Kier alpha value is -1.91. The topological polar surface area (TPSA) is 57.6 Å². The molecule has 5 heteroatoms. The molecule has 3 rings (SSSR count). The summed E-state index contributed by atoms with van der Waals surface area (Å²) in [6.45, 7) is 0.898. The predicted octanol–water partition coefficient (Wildman–Crippen LogP) is 2.47. The van der Waals surface area contributed by atoms with Gasteiger partial charge in [0.1, 0.15) is 5.82 Å². The lowest BCUT2D eigenvalue weighted by atomic mass is 9.92. The van der Waals surface area contributed by atoms with E-state index in [1.54, 1.807) is 23.1 Å². The van der Waals surface area contributed by atoms with Crippen molar-refractivity contribution in [1.82, 2.24) is 4.90 Å². The van der Waals surface area contributed by atoms with Crippen LogP contribution in [0.15, 0.2) is 24.3 Å². The van der Waals surface area contributed by atoms with E-state index in [1.807, 2.05) is 0 Å². The summed E-state index contributed by atoms with van der Waals surface area (Å²) in [6.07, 6.45) is 3.27. The third kappa shape index (κ3) is 2.85. The Balaban J connectivity index is 1.71. The Morgan fingerprint density at radius 1 is 1.32 bits per heavy atom. The summed E-state index contributed by atoms with van der Waals surface area (Å²) in [5.74, 6) is -1.58. The van der Waals surface area contributed by atoms with Crippen molar-refractivity contribution in [1.29, 1.82) is 0 Å². The summed E-state index contributed by atoms with van der Waals surface area (Å²) >= 11 is 0. The predicted molar refractivity (Wildman–Crippen MR) is 78.7 cm³/mol. The summed E-state index contributed by atoms with van der Waals surface area (Å²) in [6, 6.07) is 6.55. The van der Waals surface area contributed by atoms with Crippen LogP contribution in [0.5, 0.6) is 0 Å². The van der Waals surface area contributed by atoms with Crippen LogP contribution < -0.4 is 0 Å². The number of hydrogen-bond donors (Lipinski definition) is 1. The second-order valence-electron chi connectivity index (χ2n) is 6.48. The van der Waals surface area contributed by atoms with E-state index in [4.69, 9.17) is 5.11 Å². The monoisotopic (exact) mass is 305 g/mol. The molecule has 1 aliphatic heterocycles. The van der Waals surface area contributed by atoms with Gasteiger partial charge in [0.05, 0.1) is 11.3 Å². The van der Waals surface area contributed by atoms with E-state index in [0.717, 1.165) is 19.3 Å². The summed E-state index contributed by atoms with van der Waals surface area (Å²) in [4.78, 5) is 25.6. The molecule has 0 aromatic heterocycles. The Labute approximate surface area is 128 Å². The van der Waals surface area contributed by atoms with Crippen LogP contribution in [0.2, 0.25) is 0 Å². The number of carboxylic acid groups (broad SMARTS) is 1. The van der Waals surface area contributed by atoms with Crippen LogP contribution >= 0.6 is 0 Å². The second kappa shape index (κ2) is 5.71. The summed E-state index contributed by atoms with van der Waals surface area (Å²) < 4.78 is 13.8. The quantitative estimate of drug-likeness (QED) is 0.929. The van der Waals surface area contributed by atoms with E-state index in [0.29, 0.717) is 24.9 Å². The van der Waals surface area contributed by atoms with Gasteiger partial charge in [-0.3, -0.25) is 9.59 Å². The maximum absolute atomic E-state index is 13.8. The van der Waals surface area contributed by atoms with E-state index in [2.05, 4.69) is 0 Å². The molecule has 22 heavy (non-hydrogen) atoms. The van der Waals surface area contributed by atoms with Gasteiger partial charge in [0.15, 0.2) is 0 Å². The van der Waals surface area contributed by atoms with Gasteiger partial charge in [0, 0.05) is 13.1 Å². The number of piperidine rings is 1. The first kappa shape index (κ1) is 15.0. The van der Waals surface area contributed by atoms with E-state index in [-0.39, 0.29) is 18.3 Å². The van der Waals surface area contributed by atoms with Crippen molar-refractivity contribution in [2.45, 2.75) is 32.1 Å². The van der Waals surface area contributed by atoms with E-state index in [9.17, 15) is 14.0 Å². The molecule has 1 aliphatic carbocycles. The zero-order valence-electron chi connectivity index (χ0n) is 12.4. The standard InChI is InChI=1S/C17H20FNO3/c18-14-6-2-1-4-12(14)10-17(7-8-17)16(22)19-9-3-5-13(11-19)15(20)21/h1-2,4,6,13H,3,5,7-11H2,(H,20,21). The summed E-state index contributed by atoms with van der Waals surface area (Å²) in [5, 5.41) is 9.14. The lowest BCUT2D eigenvalue weighted by Gasteiger charge is -2.33. The molecule has 1 N–H and O–H groups in total. The first-order valence-corrected chi connectivity index (χ1v) is 7.77. The van der Waals surface area contributed by atoms with Crippen molar-refractivity contribution in [2.75, 3.05) is 13.1 Å². The average molecular weight is 305 g/mol. The molecule has 0 bridgehead atoms. The number of aliphatic carboxylic acids is 1. The third-order valence-electron chi connectivity index (χ3n) is 4.85. The SMILES string of the molecule is O=C(O)C1CCCN(C(=O)C2(Cc3ccccc3F)CC2)C1. The first-order chi connectivity index (χ1) is 10.5. The Morgan fingerprint density at radius 3 is 2.68 bits per heavy atom.